The van der Waals surface area contributed by atoms with E-state index >= 15 is 0 Å². The molecule has 1 nitrogen and oxygen atoms in total. The Morgan fingerprint density at radius 1 is 1.12 bits per heavy atom. The predicted octanol–water partition coefficient (Wildman–Crippen LogP) is 5.00. The van der Waals surface area contributed by atoms with E-state index in [4.69, 9.17) is 0 Å². The molecule has 0 saturated carbocycles. The number of rotatable bonds is 8. The van der Waals surface area contributed by atoms with Gasteiger partial charge >= 0.3 is 0 Å². The van der Waals surface area contributed by atoms with E-state index in [1.54, 1.807) is 0 Å². The van der Waals surface area contributed by atoms with Crippen LogP contribution < -0.4 is 0 Å². The van der Waals surface area contributed by atoms with Crippen LogP contribution in [0.2, 0.25) is 0 Å². The second-order valence-corrected chi connectivity index (χ2v) is 5.55. The Hall–Kier alpha value is -0.720. The largest absolute Gasteiger partial charge is 0.375 e. The lowest BCUT2D eigenvalue weighted by Crippen LogP contribution is -2.26. The van der Waals surface area contributed by atoms with Gasteiger partial charge in [0.05, 0.1) is 0 Å². The molecule has 0 aliphatic carbocycles. The van der Waals surface area contributed by atoms with Gasteiger partial charge in [0, 0.05) is 12.6 Å². The Balaban J connectivity index is 4.07. The van der Waals surface area contributed by atoms with Crippen LogP contribution in [0.25, 0.3) is 0 Å². The van der Waals surface area contributed by atoms with Gasteiger partial charge in [-0.3, -0.25) is 0 Å². The standard InChI is InChI=1S/C16H31N/c1-7-16(6)13-17(15(4)5)12-10-8-9-11-14(2)3/h8-9,13-15H,7,10-12H2,1-6H3. The van der Waals surface area contributed by atoms with Crippen LogP contribution in [0.4, 0.5) is 0 Å². The number of hydrogen-bond acceptors (Lipinski definition) is 1. The summed E-state index contributed by atoms with van der Waals surface area (Å²) >= 11 is 0. The van der Waals surface area contributed by atoms with Crippen molar-refractivity contribution in [2.24, 2.45) is 5.92 Å². The third-order valence-corrected chi connectivity index (χ3v) is 2.94. The van der Waals surface area contributed by atoms with E-state index < -0.39 is 0 Å². The second kappa shape index (κ2) is 9.32. The Kier molecular flexibility index (Phi) is 8.93. The molecule has 0 atom stereocenters. The van der Waals surface area contributed by atoms with E-state index in [1.807, 2.05) is 0 Å². The molecule has 0 aromatic rings. The van der Waals surface area contributed by atoms with Crippen molar-refractivity contribution in [3.8, 4) is 0 Å². The monoisotopic (exact) mass is 237 g/mol. The van der Waals surface area contributed by atoms with Gasteiger partial charge in [-0.2, -0.15) is 0 Å². The van der Waals surface area contributed by atoms with Gasteiger partial charge < -0.3 is 4.90 Å². The molecule has 0 saturated heterocycles. The minimum atomic E-state index is 0.593. The highest BCUT2D eigenvalue weighted by molar-refractivity contribution is 4.98. The van der Waals surface area contributed by atoms with Crippen molar-refractivity contribution < 1.29 is 0 Å². The van der Waals surface area contributed by atoms with E-state index in [0.29, 0.717) is 6.04 Å². The average Bonchev–Trinajstić information content (AvgIpc) is 2.26. The summed E-state index contributed by atoms with van der Waals surface area (Å²) in [5.74, 6) is 0.773. The van der Waals surface area contributed by atoms with Crippen molar-refractivity contribution in [3.05, 3.63) is 23.9 Å². The zero-order chi connectivity index (χ0) is 13.3. The van der Waals surface area contributed by atoms with Gasteiger partial charge in [0.1, 0.15) is 0 Å². The molecule has 0 fully saturated rings. The van der Waals surface area contributed by atoms with Crippen LogP contribution in [-0.4, -0.2) is 17.5 Å². The summed E-state index contributed by atoms with van der Waals surface area (Å²) in [6.07, 6.45) is 10.5. The fourth-order valence-corrected chi connectivity index (χ4v) is 1.56. The highest BCUT2D eigenvalue weighted by Crippen LogP contribution is 2.08. The minimum absolute atomic E-state index is 0.593. The molecule has 0 aromatic heterocycles. The summed E-state index contributed by atoms with van der Waals surface area (Å²) in [4.78, 5) is 2.44. The highest BCUT2D eigenvalue weighted by atomic mass is 15.1. The van der Waals surface area contributed by atoms with E-state index in [9.17, 15) is 0 Å². The second-order valence-electron chi connectivity index (χ2n) is 5.55. The van der Waals surface area contributed by atoms with Gasteiger partial charge in [-0.1, -0.05) is 38.5 Å². The normalized spacial score (nSPS) is 13.1. The molecule has 0 aliphatic rings. The van der Waals surface area contributed by atoms with Gasteiger partial charge in [-0.15, -0.1) is 0 Å². The smallest absolute Gasteiger partial charge is 0.0227 e. The lowest BCUT2D eigenvalue weighted by atomic mass is 10.1. The molecule has 0 rings (SSSR count). The molecule has 0 N–H and O–H groups in total. The van der Waals surface area contributed by atoms with Gasteiger partial charge in [-0.25, -0.2) is 0 Å². The predicted molar refractivity (Wildman–Crippen MR) is 79.1 cm³/mol. The molecule has 17 heavy (non-hydrogen) atoms. The third kappa shape index (κ3) is 9.02. The molecule has 0 aliphatic heterocycles. The Morgan fingerprint density at radius 3 is 2.24 bits per heavy atom. The molecule has 0 bridgehead atoms. The fourth-order valence-electron chi connectivity index (χ4n) is 1.56. The first-order chi connectivity index (χ1) is 7.97. The lowest BCUT2D eigenvalue weighted by Gasteiger charge is -2.25. The van der Waals surface area contributed by atoms with E-state index in [2.05, 4.69) is 64.8 Å². The van der Waals surface area contributed by atoms with Crippen molar-refractivity contribution in [2.45, 2.75) is 66.8 Å². The van der Waals surface area contributed by atoms with Crippen molar-refractivity contribution in [3.63, 3.8) is 0 Å². The SMILES string of the molecule is CCC(C)=CN(CCC=CCC(C)C)C(C)C. The fraction of sp³-hybridized carbons (Fsp3) is 0.750. The maximum Gasteiger partial charge on any atom is 0.0227 e. The van der Waals surface area contributed by atoms with Crippen LogP contribution in [-0.2, 0) is 0 Å². The summed E-state index contributed by atoms with van der Waals surface area (Å²) in [7, 11) is 0. The molecule has 0 heterocycles. The zero-order valence-corrected chi connectivity index (χ0v) is 12.7. The molecular formula is C16H31N. The number of nitrogens with zero attached hydrogens (tertiary/aromatic N) is 1. The third-order valence-electron chi connectivity index (χ3n) is 2.94. The van der Waals surface area contributed by atoms with E-state index in [0.717, 1.165) is 25.3 Å². The quantitative estimate of drug-likeness (QED) is 0.537. The Morgan fingerprint density at radius 2 is 1.76 bits per heavy atom. The first-order valence-corrected chi connectivity index (χ1v) is 7.05. The van der Waals surface area contributed by atoms with Crippen molar-refractivity contribution >= 4 is 0 Å². The molecule has 0 aromatic carbocycles. The summed E-state index contributed by atoms with van der Waals surface area (Å²) < 4.78 is 0. The molecule has 0 unspecified atom stereocenters. The molecule has 100 valence electrons. The van der Waals surface area contributed by atoms with Crippen LogP contribution in [0.3, 0.4) is 0 Å². The van der Waals surface area contributed by atoms with Gasteiger partial charge in [-0.05, 0) is 52.2 Å². The van der Waals surface area contributed by atoms with E-state index in [-0.39, 0.29) is 0 Å². The molecule has 1 heteroatoms. The Bertz CT molecular complexity index is 236. The van der Waals surface area contributed by atoms with Gasteiger partial charge in [0.15, 0.2) is 0 Å². The lowest BCUT2D eigenvalue weighted by molar-refractivity contribution is 0.313. The minimum Gasteiger partial charge on any atom is -0.375 e. The van der Waals surface area contributed by atoms with Crippen LogP contribution in [0, 0.1) is 5.92 Å². The van der Waals surface area contributed by atoms with Crippen LogP contribution >= 0.6 is 0 Å². The summed E-state index contributed by atoms with van der Waals surface area (Å²) in [5.41, 5.74) is 1.46. The average molecular weight is 237 g/mol. The van der Waals surface area contributed by atoms with Crippen molar-refractivity contribution in [1.82, 2.24) is 4.90 Å². The van der Waals surface area contributed by atoms with Gasteiger partial charge in [0.25, 0.3) is 0 Å². The summed E-state index contributed by atoms with van der Waals surface area (Å²) in [5, 5.41) is 0. The van der Waals surface area contributed by atoms with Crippen molar-refractivity contribution in [2.75, 3.05) is 6.54 Å². The molecule has 0 radical (unpaired) electrons. The van der Waals surface area contributed by atoms with E-state index in [1.165, 1.54) is 12.0 Å². The van der Waals surface area contributed by atoms with Crippen LogP contribution in [0.1, 0.15) is 60.8 Å². The van der Waals surface area contributed by atoms with Crippen LogP contribution in [0.5, 0.6) is 0 Å². The van der Waals surface area contributed by atoms with Crippen molar-refractivity contribution in [1.29, 1.82) is 0 Å². The summed E-state index contributed by atoms with van der Waals surface area (Å²) in [6.45, 7) is 14.6. The maximum atomic E-state index is 2.44. The topological polar surface area (TPSA) is 3.24 Å². The zero-order valence-electron chi connectivity index (χ0n) is 12.7. The summed E-state index contributed by atoms with van der Waals surface area (Å²) in [6, 6.07) is 0.593. The first kappa shape index (κ1) is 16.3. The van der Waals surface area contributed by atoms with Gasteiger partial charge in [0.2, 0.25) is 0 Å². The molecule has 0 spiro atoms. The van der Waals surface area contributed by atoms with Crippen LogP contribution in [0.15, 0.2) is 23.9 Å². The maximum absolute atomic E-state index is 2.44. The highest BCUT2D eigenvalue weighted by Gasteiger charge is 2.03. The number of allylic oxidation sites excluding steroid dienone is 2. The molecular weight excluding hydrogens is 206 g/mol. The number of hydrogen-bond donors (Lipinski definition) is 0. The first-order valence-electron chi connectivity index (χ1n) is 7.05. The Labute approximate surface area is 109 Å². The molecule has 0 amide bonds.